The first kappa shape index (κ1) is 16.1. The Morgan fingerprint density at radius 1 is 1.33 bits per heavy atom. The van der Waals surface area contributed by atoms with E-state index in [1.54, 1.807) is 6.07 Å². The van der Waals surface area contributed by atoms with Gasteiger partial charge in [0.25, 0.3) is 5.91 Å². The number of carbonyl (C=O) groups is 1. The number of halogens is 1. The van der Waals surface area contributed by atoms with E-state index in [-0.39, 0.29) is 5.91 Å². The molecule has 0 radical (unpaired) electrons. The number of amides is 1. The van der Waals surface area contributed by atoms with Gasteiger partial charge in [0.05, 0.1) is 5.02 Å². The Labute approximate surface area is 131 Å². The van der Waals surface area contributed by atoms with Crippen LogP contribution >= 0.6 is 11.6 Å². The van der Waals surface area contributed by atoms with Gasteiger partial charge in [-0.3, -0.25) is 4.79 Å². The summed E-state index contributed by atoms with van der Waals surface area (Å²) in [5.74, 6) is 0.647. The molecule has 21 heavy (non-hydrogen) atoms. The Kier molecular flexibility index (Phi) is 5.48. The molecule has 1 heterocycles. The number of aryl methyl sites for hydroxylation is 1. The molecule has 0 aromatic heterocycles. The molecule has 1 aromatic rings. The number of likely N-dealkylation sites (N-methyl/N-ethyl adjacent to an activating group) is 1. The van der Waals surface area contributed by atoms with E-state index in [1.807, 2.05) is 30.9 Å². The summed E-state index contributed by atoms with van der Waals surface area (Å²) in [4.78, 5) is 16.7. The lowest BCUT2D eigenvalue weighted by Crippen LogP contribution is -2.51. The van der Waals surface area contributed by atoms with E-state index in [9.17, 15) is 4.79 Å². The van der Waals surface area contributed by atoms with Crippen LogP contribution in [0.2, 0.25) is 5.02 Å². The molecule has 0 aliphatic carbocycles. The fourth-order valence-corrected chi connectivity index (χ4v) is 2.56. The highest BCUT2D eigenvalue weighted by molar-refractivity contribution is 6.32. The van der Waals surface area contributed by atoms with E-state index in [4.69, 9.17) is 16.3 Å². The Morgan fingerprint density at radius 3 is 2.62 bits per heavy atom. The number of nitrogens with zero attached hydrogens (tertiary/aromatic N) is 2. The minimum absolute atomic E-state index is 0.0585. The Balaban J connectivity index is 2.05. The zero-order valence-electron chi connectivity index (χ0n) is 12.9. The highest BCUT2D eigenvalue weighted by Crippen LogP contribution is 2.27. The molecule has 0 spiro atoms. The zero-order chi connectivity index (χ0) is 15.4. The third kappa shape index (κ3) is 4.11. The summed E-state index contributed by atoms with van der Waals surface area (Å²) < 4.78 is 5.88. The zero-order valence-corrected chi connectivity index (χ0v) is 13.7. The van der Waals surface area contributed by atoms with Gasteiger partial charge < -0.3 is 14.5 Å². The lowest BCUT2D eigenvalue weighted by atomic mass is 10.2. The molecule has 1 aliphatic heterocycles. The summed E-state index contributed by atoms with van der Waals surface area (Å²) >= 11 is 6.15. The van der Waals surface area contributed by atoms with E-state index in [1.165, 1.54) is 0 Å². The van der Waals surface area contributed by atoms with E-state index < -0.39 is 6.10 Å². The second-order valence-electron chi connectivity index (χ2n) is 5.58. The molecule has 1 fully saturated rings. The number of rotatable bonds is 4. The van der Waals surface area contributed by atoms with Crippen LogP contribution in [0, 0.1) is 6.92 Å². The fraction of sp³-hybridized carbons (Fsp3) is 0.562. The van der Waals surface area contributed by atoms with Crippen LogP contribution in [-0.2, 0) is 4.79 Å². The Bertz CT molecular complexity index is 499. The highest BCUT2D eigenvalue weighted by atomic mass is 35.5. The van der Waals surface area contributed by atoms with Gasteiger partial charge in [0.15, 0.2) is 6.10 Å². The minimum atomic E-state index is -0.465. The van der Waals surface area contributed by atoms with Gasteiger partial charge >= 0.3 is 0 Å². The highest BCUT2D eigenvalue weighted by Gasteiger charge is 2.27. The standard InChI is InChI=1S/C16H23ClN2O2/c1-4-14(16(20)19-9-7-18(3)8-10-19)21-15-11-12(2)5-6-13(15)17/h5-6,11,14H,4,7-10H2,1-3H3. The van der Waals surface area contributed by atoms with E-state index >= 15 is 0 Å². The van der Waals surface area contributed by atoms with Gasteiger partial charge in [-0.1, -0.05) is 24.6 Å². The van der Waals surface area contributed by atoms with Crippen LogP contribution in [0.25, 0.3) is 0 Å². The van der Waals surface area contributed by atoms with Gasteiger partial charge in [-0.05, 0) is 38.1 Å². The average Bonchev–Trinajstić information content (AvgIpc) is 2.48. The van der Waals surface area contributed by atoms with Crippen molar-refractivity contribution in [3.8, 4) is 5.75 Å². The van der Waals surface area contributed by atoms with Crippen molar-refractivity contribution in [1.82, 2.24) is 9.80 Å². The lowest BCUT2D eigenvalue weighted by molar-refractivity contribution is -0.140. The van der Waals surface area contributed by atoms with Crippen molar-refractivity contribution in [2.45, 2.75) is 26.4 Å². The molecule has 1 amide bonds. The SMILES string of the molecule is CCC(Oc1cc(C)ccc1Cl)C(=O)N1CCN(C)CC1. The quantitative estimate of drug-likeness (QED) is 0.857. The maximum absolute atomic E-state index is 12.6. The smallest absolute Gasteiger partial charge is 0.263 e. The second-order valence-corrected chi connectivity index (χ2v) is 5.98. The number of carbonyl (C=O) groups excluding carboxylic acids is 1. The maximum Gasteiger partial charge on any atom is 0.263 e. The predicted molar refractivity (Wildman–Crippen MR) is 85.0 cm³/mol. The van der Waals surface area contributed by atoms with Gasteiger partial charge in [-0.2, -0.15) is 0 Å². The number of benzene rings is 1. The van der Waals surface area contributed by atoms with Gasteiger partial charge in [-0.15, -0.1) is 0 Å². The van der Waals surface area contributed by atoms with Crippen molar-refractivity contribution in [3.63, 3.8) is 0 Å². The van der Waals surface area contributed by atoms with Crippen LogP contribution in [0.15, 0.2) is 18.2 Å². The molecule has 4 nitrogen and oxygen atoms in total. The molecular weight excluding hydrogens is 288 g/mol. The molecule has 5 heteroatoms. The third-order valence-electron chi connectivity index (χ3n) is 3.82. The largest absolute Gasteiger partial charge is 0.479 e. The summed E-state index contributed by atoms with van der Waals surface area (Å²) in [6.07, 6.45) is 0.169. The number of hydrogen-bond acceptors (Lipinski definition) is 3. The Morgan fingerprint density at radius 2 is 2.00 bits per heavy atom. The van der Waals surface area contributed by atoms with Crippen LogP contribution in [0.4, 0.5) is 0 Å². The fourth-order valence-electron chi connectivity index (χ4n) is 2.39. The number of hydrogen-bond donors (Lipinski definition) is 0. The van der Waals surface area contributed by atoms with Crippen LogP contribution in [-0.4, -0.2) is 55.0 Å². The summed E-state index contributed by atoms with van der Waals surface area (Å²) in [5, 5.41) is 0.547. The minimum Gasteiger partial charge on any atom is -0.479 e. The van der Waals surface area contributed by atoms with Crippen molar-refractivity contribution in [1.29, 1.82) is 0 Å². The summed E-state index contributed by atoms with van der Waals surface area (Å²) in [5.41, 5.74) is 1.07. The van der Waals surface area contributed by atoms with Gasteiger partial charge in [0.1, 0.15) is 5.75 Å². The monoisotopic (exact) mass is 310 g/mol. The van der Waals surface area contributed by atoms with Gasteiger partial charge in [0.2, 0.25) is 0 Å². The molecule has 0 saturated carbocycles. The molecular formula is C16H23ClN2O2. The first-order chi connectivity index (χ1) is 10.0. The Hall–Kier alpha value is -1.26. The van der Waals surface area contributed by atoms with Gasteiger partial charge in [0, 0.05) is 26.2 Å². The number of piperazine rings is 1. The average molecular weight is 311 g/mol. The predicted octanol–water partition coefficient (Wildman–Crippen LogP) is 2.58. The number of ether oxygens (including phenoxy) is 1. The second kappa shape index (κ2) is 7.14. The van der Waals surface area contributed by atoms with Crippen molar-refractivity contribution < 1.29 is 9.53 Å². The van der Waals surface area contributed by atoms with Crippen LogP contribution < -0.4 is 4.74 Å². The van der Waals surface area contributed by atoms with Crippen LogP contribution in [0.1, 0.15) is 18.9 Å². The molecule has 1 atom stereocenters. The van der Waals surface area contributed by atoms with E-state index in [0.29, 0.717) is 17.2 Å². The van der Waals surface area contributed by atoms with Crippen molar-refractivity contribution in [2.75, 3.05) is 33.2 Å². The van der Waals surface area contributed by atoms with Crippen molar-refractivity contribution >= 4 is 17.5 Å². The molecule has 1 aliphatic rings. The summed E-state index contributed by atoms with van der Waals surface area (Å²) in [7, 11) is 2.07. The molecule has 1 saturated heterocycles. The summed E-state index contributed by atoms with van der Waals surface area (Å²) in [6, 6.07) is 5.61. The molecule has 1 aromatic carbocycles. The molecule has 1 unspecified atom stereocenters. The molecule has 0 bridgehead atoms. The van der Waals surface area contributed by atoms with Gasteiger partial charge in [-0.25, -0.2) is 0 Å². The first-order valence-corrected chi connectivity index (χ1v) is 7.79. The van der Waals surface area contributed by atoms with Crippen LogP contribution in [0.3, 0.4) is 0 Å². The van der Waals surface area contributed by atoms with Crippen molar-refractivity contribution in [2.24, 2.45) is 0 Å². The summed E-state index contributed by atoms with van der Waals surface area (Å²) in [6.45, 7) is 7.28. The molecule has 116 valence electrons. The van der Waals surface area contributed by atoms with E-state index in [2.05, 4.69) is 11.9 Å². The van der Waals surface area contributed by atoms with Crippen LogP contribution in [0.5, 0.6) is 5.75 Å². The molecule has 0 N–H and O–H groups in total. The van der Waals surface area contributed by atoms with E-state index in [0.717, 1.165) is 31.7 Å². The molecule has 2 rings (SSSR count). The topological polar surface area (TPSA) is 32.8 Å². The maximum atomic E-state index is 12.6. The third-order valence-corrected chi connectivity index (χ3v) is 4.13. The first-order valence-electron chi connectivity index (χ1n) is 7.41. The van der Waals surface area contributed by atoms with Crippen molar-refractivity contribution in [3.05, 3.63) is 28.8 Å². The normalized spacial score (nSPS) is 17.6. The lowest BCUT2D eigenvalue weighted by Gasteiger charge is -2.34.